The summed E-state index contributed by atoms with van der Waals surface area (Å²) in [5, 5.41) is 9.09. The van der Waals surface area contributed by atoms with Crippen LogP contribution in [-0.4, -0.2) is 18.0 Å². The van der Waals surface area contributed by atoms with E-state index < -0.39 is 0 Å². The fourth-order valence-corrected chi connectivity index (χ4v) is 4.88. The summed E-state index contributed by atoms with van der Waals surface area (Å²) in [5.74, 6) is 1.82. The van der Waals surface area contributed by atoms with E-state index in [0.717, 1.165) is 42.3 Å². The summed E-state index contributed by atoms with van der Waals surface area (Å²) in [7, 11) is 0. The lowest BCUT2D eigenvalue weighted by Gasteiger charge is -2.32. The molecule has 5 nitrogen and oxygen atoms in total. The van der Waals surface area contributed by atoms with Gasteiger partial charge in [0.05, 0.1) is 6.04 Å². The average Bonchev–Trinajstić information content (AvgIpc) is 3.23. The van der Waals surface area contributed by atoms with Crippen molar-refractivity contribution in [2.24, 2.45) is 11.8 Å². The highest BCUT2D eigenvalue weighted by Crippen LogP contribution is 2.42. The Morgan fingerprint density at radius 2 is 1.96 bits per heavy atom. The average molecular weight is 341 g/mol. The summed E-state index contributed by atoms with van der Waals surface area (Å²) < 4.78 is 0. The number of anilines is 1. The first-order valence-electron chi connectivity index (χ1n) is 9.64. The van der Waals surface area contributed by atoms with E-state index in [1.54, 1.807) is 0 Å². The molecule has 4 rings (SSSR count). The second-order valence-electron chi connectivity index (χ2n) is 7.84. The van der Waals surface area contributed by atoms with E-state index in [2.05, 4.69) is 16.0 Å². The molecule has 3 fully saturated rings. The number of rotatable bonds is 3. The van der Waals surface area contributed by atoms with E-state index in [9.17, 15) is 9.59 Å². The predicted octanol–water partition coefficient (Wildman–Crippen LogP) is 3.73. The van der Waals surface area contributed by atoms with Gasteiger partial charge in [-0.1, -0.05) is 31.4 Å². The van der Waals surface area contributed by atoms with Crippen molar-refractivity contribution in [2.75, 3.05) is 5.32 Å². The summed E-state index contributed by atoms with van der Waals surface area (Å²) in [5.41, 5.74) is 1.83. The quantitative estimate of drug-likeness (QED) is 0.784. The molecule has 4 unspecified atom stereocenters. The number of hydrogen-bond donors (Lipinski definition) is 3. The van der Waals surface area contributed by atoms with Gasteiger partial charge in [0.1, 0.15) is 0 Å². The molecular formula is C20H27N3O2. The zero-order valence-corrected chi connectivity index (χ0v) is 14.6. The third-order valence-electron chi connectivity index (χ3n) is 6.17. The van der Waals surface area contributed by atoms with Gasteiger partial charge in [-0.3, -0.25) is 4.79 Å². The topological polar surface area (TPSA) is 70.2 Å². The smallest absolute Gasteiger partial charge is 0.319 e. The van der Waals surface area contributed by atoms with Crippen molar-refractivity contribution < 1.29 is 9.59 Å². The van der Waals surface area contributed by atoms with Crippen molar-refractivity contribution in [2.45, 2.75) is 63.5 Å². The van der Waals surface area contributed by atoms with E-state index in [4.69, 9.17) is 0 Å². The molecule has 1 heterocycles. The van der Waals surface area contributed by atoms with Crippen molar-refractivity contribution in [1.29, 1.82) is 0 Å². The predicted molar refractivity (Wildman–Crippen MR) is 97.2 cm³/mol. The molecule has 3 N–H and O–H groups in total. The molecule has 0 radical (unpaired) electrons. The highest BCUT2D eigenvalue weighted by atomic mass is 16.2. The largest absolute Gasteiger partial charge is 0.349 e. The van der Waals surface area contributed by atoms with Crippen molar-refractivity contribution in [3.8, 4) is 0 Å². The Morgan fingerprint density at radius 3 is 2.80 bits per heavy atom. The van der Waals surface area contributed by atoms with Crippen molar-refractivity contribution in [3.05, 3.63) is 29.8 Å². The van der Waals surface area contributed by atoms with Crippen LogP contribution in [0.25, 0.3) is 0 Å². The molecular weight excluding hydrogens is 314 g/mol. The summed E-state index contributed by atoms with van der Waals surface area (Å²) in [4.78, 5) is 23.8. The molecule has 2 saturated carbocycles. The van der Waals surface area contributed by atoms with Crippen molar-refractivity contribution >= 4 is 17.6 Å². The first kappa shape index (κ1) is 16.4. The third-order valence-corrected chi connectivity index (χ3v) is 6.17. The molecule has 25 heavy (non-hydrogen) atoms. The van der Waals surface area contributed by atoms with Crippen molar-refractivity contribution in [3.63, 3.8) is 0 Å². The van der Waals surface area contributed by atoms with Crippen LogP contribution in [0.1, 0.15) is 63.0 Å². The molecule has 2 aliphatic carbocycles. The lowest BCUT2D eigenvalue weighted by Crippen LogP contribution is -2.42. The second kappa shape index (κ2) is 7.06. The minimum atomic E-state index is -0.117. The molecule has 1 saturated heterocycles. The maximum Gasteiger partial charge on any atom is 0.319 e. The van der Waals surface area contributed by atoms with Crippen LogP contribution < -0.4 is 16.0 Å². The van der Waals surface area contributed by atoms with E-state index >= 15 is 0 Å². The van der Waals surface area contributed by atoms with Gasteiger partial charge < -0.3 is 16.0 Å². The molecule has 0 bridgehead atoms. The number of carbonyl (C=O) groups excluding carboxylic acids is 2. The number of urea groups is 1. The lowest BCUT2D eigenvalue weighted by atomic mass is 9.79. The van der Waals surface area contributed by atoms with Gasteiger partial charge in [0, 0.05) is 18.2 Å². The van der Waals surface area contributed by atoms with Gasteiger partial charge in [-0.25, -0.2) is 4.79 Å². The first-order valence-corrected chi connectivity index (χ1v) is 9.64. The Hall–Kier alpha value is -2.04. The molecule has 1 aromatic rings. The minimum absolute atomic E-state index is 0.0648. The fraction of sp³-hybridized carbons (Fsp3) is 0.600. The van der Waals surface area contributed by atoms with Crippen LogP contribution in [0.5, 0.6) is 0 Å². The third kappa shape index (κ3) is 3.80. The monoisotopic (exact) mass is 341 g/mol. The summed E-state index contributed by atoms with van der Waals surface area (Å²) in [6.45, 7) is 0. The van der Waals surface area contributed by atoms with E-state index in [0.29, 0.717) is 12.5 Å². The molecule has 0 spiro atoms. The summed E-state index contributed by atoms with van der Waals surface area (Å²) >= 11 is 0. The Labute approximate surface area is 148 Å². The van der Waals surface area contributed by atoms with Gasteiger partial charge in [0.25, 0.3) is 0 Å². The molecule has 3 amide bonds. The number of fused-ring (bicyclic) bond motifs is 1. The van der Waals surface area contributed by atoms with Crippen LogP contribution in [0, 0.1) is 11.8 Å². The Morgan fingerprint density at radius 1 is 1.08 bits per heavy atom. The van der Waals surface area contributed by atoms with E-state index in [1.807, 2.05) is 24.3 Å². The molecule has 0 aromatic heterocycles. The molecule has 1 aromatic carbocycles. The SMILES string of the molecule is O=C1CCC(c2cccc(NC(=O)NC3CCC4CCCC4C3)c2)N1. The first-order chi connectivity index (χ1) is 12.2. The van der Waals surface area contributed by atoms with Crippen LogP contribution in [-0.2, 0) is 4.79 Å². The Balaban J connectivity index is 1.32. The minimum Gasteiger partial charge on any atom is -0.349 e. The normalized spacial score (nSPS) is 31.3. The number of carbonyl (C=O) groups is 2. The van der Waals surface area contributed by atoms with Gasteiger partial charge in [-0.05, 0) is 55.2 Å². The highest BCUT2D eigenvalue weighted by molar-refractivity contribution is 5.89. The van der Waals surface area contributed by atoms with Gasteiger partial charge in [0.2, 0.25) is 5.91 Å². The number of hydrogen-bond acceptors (Lipinski definition) is 2. The van der Waals surface area contributed by atoms with E-state index in [1.165, 1.54) is 25.7 Å². The van der Waals surface area contributed by atoms with Crippen LogP contribution in [0.4, 0.5) is 10.5 Å². The highest BCUT2D eigenvalue weighted by Gasteiger charge is 2.34. The fourth-order valence-electron chi connectivity index (χ4n) is 4.88. The zero-order valence-electron chi connectivity index (χ0n) is 14.6. The zero-order chi connectivity index (χ0) is 17.2. The Bertz CT molecular complexity index is 660. The van der Waals surface area contributed by atoms with Crippen LogP contribution >= 0.6 is 0 Å². The number of amides is 3. The van der Waals surface area contributed by atoms with Crippen LogP contribution in [0.2, 0.25) is 0 Å². The molecule has 3 aliphatic rings. The molecule has 134 valence electrons. The van der Waals surface area contributed by atoms with E-state index in [-0.39, 0.29) is 18.0 Å². The second-order valence-corrected chi connectivity index (χ2v) is 7.84. The number of nitrogens with one attached hydrogen (secondary N) is 3. The maximum atomic E-state index is 12.4. The Kier molecular flexibility index (Phi) is 4.64. The maximum absolute atomic E-state index is 12.4. The molecule has 5 heteroatoms. The summed E-state index contributed by atoms with van der Waals surface area (Å²) in [6, 6.07) is 8.04. The summed E-state index contributed by atoms with van der Waals surface area (Å²) in [6.07, 6.45) is 8.96. The van der Waals surface area contributed by atoms with Gasteiger partial charge >= 0.3 is 6.03 Å². The van der Waals surface area contributed by atoms with Gasteiger partial charge in [0.15, 0.2) is 0 Å². The lowest BCUT2D eigenvalue weighted by molar-refractivity contribution is -0.119. The number of benzene rings is 1. The molecule has 4 atom stereocenters. The standard InChI is InChI=1S/C20H27N3O2/c24-19-10-9-18(23-19)15-5-2-6-16(12-15)21-20(25)22-17-8-7-13-3-1-4-14(13)11-17/h2,5-6,12-14,17-18H,1,3-4,7-11H2,(H,23,24)(H2,21,22,25). The van der Waals surface area contributed by atoms with Gasteiger partial charge in [-0.2, -0.15) is 0 Å². The van der Waals surface area contributed by atoms with Crippen LogP contribution in [0.15, 0.2) is 24.3 Å². The van der Waals surface area contributed by atoms with Gasteiger partial charge in [-0.15, -0.1) is 0 Å². The molecule has 1 aliphatic heterocycles. The van der Waals surface area contributed by atoms with Crippen LogP contribution in [0.3, 0.4) is 0 Å². The van der Waals surface area contributed by atoms with Crippen molar-refractivity contribution in [1.82, 2.24) is 10.6 Å².